The molecule has 0 atom stereocenters. The van der Waals surface area contributed by atoms with Gasteiger partial charge in [0.25, 0.3) is 5.91 Å². The van der Waals surface area contributed by atoms with Crippen LogP contribution in [-0.2, 0) is 19.6 Å². The van der Waals surface area contributed by atoms with Gasteiger partial charge in [-0.1, -0.05) is 6.08 Å². The van der Waals surface area contributed by atoms with Gasteiger partial charge in [-0.2, -0.15) is 4.31 Å². The predicted octanol–water partition coefficient (Wildman–Crippen LogP) is 0.427. The molecular weight excluding hydrogens is 374 g/mol. The van der Waals surface area contributed by atoms with Gasteiger partial charge in [0.15, 0.2) is 0 Å². The first-order chi connectivity index (χ1) is 13.0. The van der Waals surface area contributed by atoms with E-state index in [-0.39, 0.29) is 11.6 Å². The molecule has 2 rings (SSSR count). The summed E-state index contributed by atoms with van der Waals surface area (Å²) in [4.78, 5) is 13.5. The highest BCUT2D eigenvalue weighted by atomic mass is 32.2. The maximum atomic E-state index is 13.0. The molecule has 1 fully saturated rings. The Bertz CT molecular complexity index is 717. The number of morpholine rings is 1. The second-order valence-corrected chi connectivity index (χ2v) is 7.86. The zero-order valence-electron chi connectivity index (χ0n) is 15.0. The number of rotatable bonds is 10. The van der Waals surface area contributed by atoms with Gasteiger partial charge in [0.1, 0.15) is 5.75 Å². The van der Waals surface area contributed by atoms with Crippen molar-refractivity contribution in [2.24, 2.45) is 0 Å². The van der Waals surface area contributed by atoms with E-state index in [0.29, 0.717) is 45.1 Å². The van der Waals surface area contributed by atoms with Crippen LogP contribution < -0.4 is 10.2 Å². The predicted molar refractivity (Wildman–Crippen MR) is 97.8 cm³/mol. The molecule has 0 aromatic heterocycles. The third-order valence-corrected chi connectivity index (χ3v) is 5.75. The van der Waals surface area contributed by atoms with Crippen LogP contribution in [0.5, 0.6) is 5.75 Å². The first kappa shape index (κ1) is 21.3. The Hall–Kier alpha value is -1.98. The summed E-state index contributed by atoms with van der Waals surface area (Å²) in [5, 5.41) is 8.79. The Morgan fingerprint density at radius 2 is 2.00 bits per heavy atom. The summed E-state index contributed by atoms with van der Waals surface area (Å²) in [5.74, 6) is -0.264. The van der Waals surface area contributed by atoms with Crippen LogP contribution in [0, 0.1) is 0 Å². The summed E-state index contributed by atoms with van der Waals surface area (Å²) in [6.07, 6.45) is 2.41. The number of amides is 1. The molecule has 1 saturated heterocycles. The summed E-state index contributed by atoms with van der Waals surface area (Å²) in [7, 11) is -3.94. The van der Waals surface area contributed by atoms with Gasteiger partial charge >= 0.3 is 0 Å². The lowest BCUT2D eigenvalue weighted by molar-refractivity contribution is -0.129. The minimum Gasteiger partial charge on any atom is -0.493 e. The van der Waals surface area contributed by atoms with Gasteiger partial charge in [0, 0.05) is 13.1 Å². The normalized spacial score (nSPS) is 15.5. The Balaban J connectivity index is 2.15. The van der Waals surface area contributed by atoms with E-state index in [4.69, 9.17) is 14.7 Å². The van der Waals surface area contributed by atoms with Crippen LogP contribution in [0.3, 0.4) is 0 Å². The van der Waals surface area contributed by atoms with E-state index < -0.39 is 22.5 Å². The fourth-order valence-corrected chi connectivity index (χ4v) is 3.87. The molecule has 1 aromatic rings. The lowest BCUT2D eigenvalue weighted by Gasteiger charge is -2.31. The zero-order valence-corrected chi connectivity index (χ0v) is 15.9. The van der Waals surface area contributed by atoms with Crippen LogP contribution in [-0.4, -0.2) is 74.9 Å². The molecule has 1 aliphatic rings. The summed E-state index contributed by atoms with van der Waals surface area (Å²) >= 11 is 0. The van der Waals surface area contributed by atoms with Gasteiger partial charge in [-0.05, 0) is 30.7 Å². The summed E-state index contributed by atoms with van der Waals surface area (Å²) in [6, 6.07) is 5.99. The minimum absolute atomic E-state index is 0.0245. The second-order valence-electron chi connectivity index (χ2n) is 5.92. The molecule has 9 nitrogen and oxygen atoms in total. The molecule has 27 heavy (non-hydrogen) atoms. The Kier molecular flexibility index (Phi) is 8.20. The first-order valence-corrected chi connectivity index (χ1v) is 9.98. The quantitative estimate of drug-likeness (QED) is 0.254. The SMILES string of the molecule is C=CCCOc1ccc(S(=O)(=O)N(CC(=O)NO)CN2CCOCC2)cc1. The number of hydrogen-bond donors (Lipinski definition) is 2. The molecule has 0 bridgehead atoms. The fourth-order valence-electron chi connectivity index (χ4n) is 2.49. The van der Waals surface area contributed by atoms with E-state index in [1.54, 1.807) is 18.2 Å². The maximum Gasteiger partial charge on any atom is 0.258 e. The molecule has 150 valence electrons. The van der Waals surface area contributed by atoms with Crippen LogP contribution in [0.4, 0.5) is 0 Å². The highest BCUT2D eigenvalue weighted by Gasteiger charge is 2.29. The van der Waals surface area contributed by atoms with Crippen molar-refractivity contribution >= 4 is 15.9 Å². The lowest BCUT2D eigenvalue weighted by Crippen LogP contribution is -2.48. The zero-order chi connectivity index (χ0) is 19.7. The van der Waals surface area contributed by atoms with Crippen molar-refractivity contribution in [2.45, 2.75) is 11.3 Å². The number of nitrogens with one attached hydrogen (secondary N) is 1. The van der Waals surface area contributed by atoms with Gasteiger partial charge in [0.2, 0.25) is 10.0 Å². The Morgan fingerprint density at radius 3 is 2.59 bits per heavy atom. The molecule has 0 aliphatic carbocycles. The van der Waals surface area contributed by atoms with Crippen molar-refractivity contribution in [3.8, 4) is 5.75 Å². The van der Waals surface area contributed by atoms with Gasteiger partial charge in [-0.25, -0.2) is 13.9 Å². The molecule has 10 heteroatoms. The monoisotopic (exact) mass is 399 g/mol. The van der Waals surface area contributed by atoms with E-state index in [1.165, 1.54) is 17.6 Å². The van der Waals surface area contributed by atoms with E-state index >= 15 is 0 Å². The molecule has 0 unspecified atom stereocenters. The number of sulfonamides is 1. The van der Waals surface area contributed by atoms with Crippen LogP contribution in [0.1, 0.15) is 6.42 Å². The summed E-state index contributed by atoms with van der Waals surface area (Å²) in [6.45, 7) is 5.71. The van der Waals surface area contributed by atoms with Gasteiger partial charge in [-0.15, -0.1) is 6.58 Å². The molecule has 1 heterocycles. The third kappa shape index (κ3) is 6.29. The minimum atomic E-state index is -3.94. The smallest absolute Gasteiger partial charge is 0.258 e. The number of hydroxylamine groups is 1. The lowest BCUT2D eigenvalue weighted by atomic mass is 10.3. The van der Waals surface area contributed by atoms with E-state index in [9.17, 15) is 13.2 Å². The molecule has 1 aliphatic heterocycles. The number of carbonyl (C=O) groups is 1. The topological polar surface area (TPSA) is 108 Å². The van der Waals surface area contributed by atoms with Crippen LogP contribution in [0.15, 0.2) is 41.8 Å². The van der Waals surface area contributed by atoms with Crippen molar-refractivity contribution < 1.29 is 27.9 Å². The standard InChI is InChI=1S/C17H25N3O6S/c1-2-3-10-26-15-4-6-16(7-5-15)27(23,24)20(13-17(21)18-22)14-19-8-11-25-12-9-19/h2,4-7,22H,1,3,8-14H2,(H,18,21). The molecule has 1 aromatic carbocycles. The van der Waals surface area contributed by atoms with Crippen LogP contribution in [0.25, 0.3) is 0 Å². The van der Waals surface area contributed by atoms with Crippen molar-refractivity contribution in [3.63, 3.8) is 0 Å². The van der Waals surface area contributed by atoms with Gasteiger partial charge in [-0.3, -0.25) is 14.9 Å². The van der Waals surface area contributed by atoms with Crippen molar-refractivity contribution in [1.82, 2.24) is 14.7 Å². The van der Waals surface area contributed by atoms with Crippen molar-refractivity contribution in [2.75, 3.05) is 46.1 Å². The maximum absolute atomic E-state index is 13.0. The summed E-state index contributed by atoms with van der Waals surface area (Å²) in [5.41, 5.74) is 1.48. The van der Waals surface area contributed by atoms with Gasteiger partial charge < -0.3 is 9.47 Å². The van der Waals surface area contributed by atoms with Crippen molar-refractivity contribution in [1.29, 1.82) is 0 Å². The van der Waals surface area contributed by atoms with E-state index in [1.807, 2.05) is 4.90 Å². The van der Waals surface area contributed by atoms with E-state index in [2.05, 4.69) is 6.58 Å². The molecule has 0 radical (unpaired) electrons. The highest BCUT2D eigenvalue weighted by Crippen LogP contribution is 2.20. The van der Waals surface area contributed by atoms with Crippen LogP contribution in [0.2, 0.25) is 0 Å². The summed E-state index contributed by atoms with van der Waals surface area (Å²) < 4.78 is 37.7. The number of nitrogens with zero attached hydrogens (tertiary/aromatic N) is 2. The van der Waals surface area contributed by atoms with Gasteiger partial charge in [0.05, 0.1) is 37.9 Å². The second kappa shape index (κ2) is 10.4. The molecule has 0 saturated carbocycles. The van der Waals surface area contributed by atoms with E-state index in [0.717, 1.165) is 4.31 Å². The Labute approximate surface area is 159 Å². The van der Waals surface area contributed by atoms with Crippen molar-refractivity contribution in [3.05, 3.63) is 36.9 Å². The average Bonchev–Trinajstić information content (AvgIpc) is 2.68. The number of carbonyl (C=O) groups excluding carboxylic acids is 1. The average molecular weight is 399 g/mol. The molecule has 0 spiro atoms. The fraction of sp³-hybridized carbons (Fsp3) is 0.471. The molecular formula is C17H25N3O6S. The third-order valence-electron chi connectivity index (χ3n) is 3.96. The molecule has 1 amide bonds. The largest absolute Gasteiger partial charge is 0.493 e. The number of hydrogen-bond acceptors (Lipinski definition) is 7. The number of benzene rings is 1. The Morgan fingerprint density at radius 1 is 1.33 bits per heavy atom. The number of ether oxygens (including phenoxy) is 2. The van der Waals surface area contributed by atoms with Crippen LogP contribution >= 0.6 is 0 Å². The molecule has 2 N–H and O–H groups in total. The highest BCUT2D eigenvalue weighted by molar-refractivity contribution is 7.89. The first-order valence-electron chi connectivity index (χ1n) is 8.54.